The van der Waals surface area contributed by atoms with Crippen molar-refractivity contribution in [2.45, 2.75) is 157 Å². The maximum absolute atomic E-state index is 14.3. The van der Waals surface area contributed by atoms with Crippen molar-refractivity contribution >= 4 is 123 Å². The van der Waals surface area contributed by atoms with Gasteiger partial charge in [-0.25, -0.2) is 0 Å². The first kappa shape index (κ1) is 61.1. The van der Waals surface area contributed by atoms with Crippen LogP contribution in [-0.4, -0.2) is 35.2 Å². The summed E-state index contributed by atoms with van der Waals surface area (Å²) < 4.78 is 13.8. The Morgan fingerprint density at radius 1 is 0.356 bits per heavy atom. The molecule has 0 radical (unpaired) electrons. The molecule has 90 heavy (non-hydrogen) atoms. The summed E-state index contributed by atoms with van der Waals surface area (Å²) in [6.45, 7) is 26.0. The van der Waals surface area contributed by atoms with E-state index in [4.69, 9.17) is 9.47 Å². The lowest BCUT2D eigenvalue weighted by atomic mass is 9.87. The average Bonchev–Trinajstić information content (AvgIpc) is 0.774. The highest BCUT2D eigenvalue weighted by molar-refractivity contribution is 8.01. The fraction of sp³-hybridized carbons (Fsp3) is 0.256. The number of amides is 2. The van der Waals surface area contributed by atoms with Gasteiger partial charge < -0.3 is 30.3 Å². The number of phenolic OH excluding ortho intramolecular Hbond substituents is 2. The molecule has 0 atom stereocenters. The number of hydrogen-bond acceptors (Lipinski definition) is 10. The largest absolute Gasteiger partial charge is 0.506 e. The number of nitrogens with one attached hydrogen (secondary N) is 2. The summed E-state index contributed by atoms with van der Waals surface area (Å²) in [6, 6.07) is 55.1. The minimum Gasteiger partial charge on any atom is -0.506 e. The van der Waals surface area contributed by atoms with Crippen LogP contribution in [0.1, 0.15) is 116 Å². The number of carbonyl (C=O) groups is 2. The summed E-state index contributed by atoms with van der Waals surface area (Å²) in [5.41, 5.74) is 4.60. The molecule has 12 heteroatoms. The molecule has 8 nitrogen and oxygen atoms in total. The lowest BCUT2D eigenvalue weighted by Gasteiger charge is -2.27. The first-order valence-electron chi connectivity index (χ1n) is 30.7. The van der Waals surface area contributed by atoms with Crippen molar-refractivity contribution in [2.24, 2.45) is 0 Å². The number of ether oxygens (including phenoxy) is 2. The van der Waals surface area contributed by atoms with Gasteiger partial charge in [0, 0.05) is 13.1 Å². The number of benzene rings is 12. The zero-order chi connectivity index (χ0) is 63.3. The first-order chi connectivity index (χ1) is 42.7. The highest BCUT2D eigenvalue weighted by Gasteiger charge is 2.31. The number of hydrogen-bond donors (Lipinski definition) is 4. The second-order valence-electron chi connectivity index (χ2n) is 27.9. The highest BCUT2D eigenvalue weighted by Crippen LogP contribution is 2.56. The Hall–Kier alpha value is -7.74. The van der Waals surface area contributed by atoms with Crippen LogP contribution >= 0.6 is 47.0 Å². The van der Waals surface area contributed by atoms with Crippen molar-refractivity contribution in [1.82, 2.24) is 10.6 Å². The SMILES string of the molecule is CC(C)(C)c1cc2c(O)c(c1)Sc1cc(C(C)(C)C)cc(c1OCC(=O)NCc1ccc3ccc4cccc5ccc1c3c45)Sc1cc(C(C)(C)C)cc(c1O)Sc1cc(C(C)(C)C)cc(c1OCC(=O)NCc1ccc3ccc4cccc5ccc1c3c45)S2. The third-order valence-corrected chi connectivity index (χ3v) is 21.6. The minimum absolute atomic E-state index is 0.0717. The summed E-state index contributed by atoms with van der Waals surface area (Å²) in [5.74, 6) is 0.473. The van der Waals surface area contributed by atoms with Crippen molar-refractivity contribution in [3.05, 3.63) is 191 Å². The number of fused-ring (bicyclic) bond motifs is 8. The second-order valence-corrected chi connectivity index (χ2v) is 32.3. The van der Waals surface area contributed by atoms with Gasteiger partial charge in [-0.3, -0.25) is 9.59 Å². The lowest BCUT2D eigenvalue weighted by Crippen LogP contribution is -2.28. The molecule has 0 unspecified atom stereocenters. The van der Waals surface area contributed by atoms with E-state index in [-0.39, 0.29) is 58.2 Å². The van der Waals surface area contributed by atoms with Crippen LogP contribution in [-0.2, 0) is 44.3 Å². The van der Waals surface area contributed by atoms with Crippen LogP contribution < -0.4 is 20.1 Å². The molecule has 0 spiro atoms. The normalized spacial score (nSPS) is 13.3. The quantitative estimate of drug-likeness (QED) is 0.0987. The topological polar surface area (TPSA) is 117 Å². The van der Waals surface area contributed by atoms with E-state index in [1.54, 1.807) is 0 Å². The van der Waals surface area contributed by atoms with Gasteiger partial charge in [0.25, 0.3) is 11.8 Å². The van der Waals surface area contributed by atoms with E-state index in [0.717, 1.165) is 54.9 Å². The minimum atomic E-state index is -0.356. The summed E-state index contributed by atoms with van der Waals surface area (Å²) >= 11 is 5.56. The van der Waals surface area contributed by atoms with Gasteiger partial charge in [0.2, 0.25) is 0 Å². The molecule has 1 heterocycles. The van der Waals surface area contributed by atoms with Crippen molar-refractivity contribution in [1.29, 1.82) is 0 Å². The standard InChI is InChI=1S/C78H74N2O6S4/c1-75(2,3)51-31-57-71(83)58(32-51)88-62-36-54(78(10,11)12)38-64(74(62)86-42-66(82)80-40-50-26-24-48-22-20-44-16-14-18-46-28-30-56(50)70(48)68(44)46)90-60-34-52(76(4,5)6)33-59(72(60)84)89-63-37-53(77(7,8)9)35-61(87-57)73(63)85-41-65(81)79-39-49-25-23-47-21-19-43-15-13-17-45-27-29-55(49)69(47)67(43)45/h13-38,83-84H,39-42H2,1-12H3,(H,79,81)(H,80,82). The van der Waals surface area contributed by atoms with Crippen molar-refractivity contribution in [2.75, 3.05) is 13.2 Å². The van der Waals surface area contributed by atoms with Crippen LogP contribution in [0.4, 0.5) is 0 Å². The van der Waals surface area contributed by atoms with Gasteiger partial charge in [-0.05, 0) is 168 Å². The van der Waals surface area contributed by atoms with E-state index in [2.05, 4.69) is 251 Å². The van der Waals surface area contributed by atoms with E-state index in [1.165, 1.54) is 90.1 Å². The Bertz CT molecular complexity index is 4420. The number of carbonyl (C=O) groups excluding carboxylic acids is 2. The van der Waals surface area contributed by atoms with Crippen molar-refractivity contribution in [3.63, 3.8) is 0 Å². The van der Waals surface area contributed by atoms with Gasteiger partial charge in [-0.1, -0.05) is 239 Å². The van der Waals surface area contributed by atoms with Crippen LogP contribution in [0.15, 0.2) is 197 Å². The molecule has 0 saturated carbocycles. The smallest absolute Gasteiger partial charge is 0.258 e. The molecule has 1 aliphatic rings. The molecule has 0 aliphatic carbocycles. The molecule has 12 aromatic carbocycles. The number of aromatic hydroxyl groups is 2. The van der Waals surface area contributed by atoms with Gasteiger partial charge in [0.05, 0.1) is 39.2 Å². The Morgan fingerprint density at radius 3 is 0.900 bits per heavy atom. The molecule has 1 aliphatic heterocycles. The van der Waals surface area contributed by atoms with E-state index in [0.29, 0.717) is 63.8 Å². The van der Waals surface area contributed by atoms with Gasteiger partial charge in [-0.2, -0.15) is 0 Å². The first-order valence-corrected chi connectivity index (χ1v) is 33.9. The summed E-state index contributed by atoms with van der Waals surface area (Å²) in [5, 5.41) is 46.3. The van der Waals surface area contributed by atoms with Gasteiger partial charge in [0.1, 0.15) is 23.0 Å². The zero-order valence-electron chi connectivity index (χ0n) is 53.0. The predicted molar refractivity (Wildman–Crippen MR) is 375 cm³/mol. The third kappa shape index (κ3) is 11.9. The summed E-state index contributed by atoms with van der Waals surface area (Å²) in [7, 11) is 0. The predicted octanol–water partition coefficient (Wildman–Crippen LogP) is 20.4. The second kappa shape index (κ2) is 23.2. The Labute approximate surface area is 544 Å². The Balaban J connectivity index is 0.894. The monoisotopic (exact) mass is 1260 g/mol. The summed E-state index contributed by atoms with van der Waals surface area (Å²) in [6.07, 6.45) is 0. The molecule has 13 rings (SSSR count). The van der Waals surface area contributed by atoms with Crippen LogP contribution in [0.25, 0.3) is 64.6 Å². The molecule has 2 amide bonds. The third-order valence-electron chi connectivity index (χ3n) is 17.4. The molecular formula is C78H74N2O6S4. The average molecular weight is 1260 g/mol. The molecule has 0 fully saturated rings. The maximum atomic E-state index is 14.3. The van der Waals surface area contributed by atoms with Crippen LogP contribution in [0.3, 0.4) is 0 Å². The van der Waals surface area contributed by atoms with E-state index in [1.807, 2.05) is 0 Å². The van der Waals surface area contributed by atoms with Crippen LogP contribution in [0, 0.1) is 0 Å². The van der Waals surface area contributed by atoms with E-state index >= 15 is 0 Å². The fourth-order valence-electron chi connectivity index (χ4n) is 12.1. The molecule has 8 bridgehead atoms. The Morgan fingerprint density at radius 2 is 0.611 bits per heavy atom. The van der Waals surface area contributed by atoms with E-state index in [9.17, 15) is 19.8 Å². The molecule has 0 saturated heterocycles. The maximum Gasteiger partial charge on any atom is 0.258 e. The van der Waals surface area contributed by atoms with Crippen LogP contribution in [0.5, 0.6) is 23.0 Å². The van der Waals surface area contributed by atoms with Crippen molar-refractivity contribution in [3.8, 4) is 23.0 Å². The van der Waals surface area contributed by atoms with Gasteiger partial charge in [0.15, 0.2) is 13.2 Å². The molecule has 4 N–H and O–H groups in total. The van der Waals surface area contributed by atoms with Gasteiger partial charge in [-0.15, -0.1) is 0 Å². The molecular weight excluding hydrogens is 1190 g/mol. The Kier molecular flexibility index (Phi) is 15.7. The fourth-order valence-corrected chi connectivity index (χ4v) is 16.7. The van der Waals surface area contributed by atoms with Crippen LogP contribution in [0.2, 0.25) is 0 Å². The molecule has 12 aromatic rings. The zero-order valence-corrected chi connectivity index (χ0v) is 56.3. The highest BCUT2D eigenvalue weighted by atomic mass is 32.2. The number of phenols is 2. The molecule has 0 aromatic heterocycles. The van der Waals surface area contributed by atoms with E-state index < -0.39 is 0 Å². The number of rotatable bonds is 10. The lowest BCUT2D eigenvalue weighted by molar-refractivity contribution is -0.124. The summed E-state index contributed by atoms with van der Waals surface area (Å²) in [4.78, 5) is 33.9. The molecule has 456 valence electrons. The van der Waals surface area contributed by atoms with Gasteiger partial charge >= 0.3 is 0 Å². The van der Waals surface area contributed by atoms with Crippen molar-refractivity contribution < 1.29 is 29.3 Å².